The monoisotopic (exact) mass is 439 g/mol. The Kier molecular flexibility index (Phi) is 6.32. The zero-order valence-corrected chi connectivity index (χ0v) is 17.5. The maximum atomic E-state index is 13.1. The number of carbonyl (C=O) groups excluding carboxylic acids is 1. The average Bonchev–Trinajstić information content (AvgIpc) is 3.30. The molecule has 0 aliphatic carbocycles. The van der Waals surface area contributed by atoms with Gasteiger partial charge in [-0.1, -0.05) is 18.2 Å². The van der Waals surface area contributed by atoms with Crippen LogP contribution >= 0.6 is 11.3 Å². The van der Waals surface area contributed by atoms with Gasteiger partial charge in [0.1, 0.15) is 18.9 Å². The number of nitrogens with zero attached hydrogens (tertiary/aromatic N) is 2. The number of anilines is 2. The highest BCUT2D eigenvalue weighted by Gasteiger charge is 2.21. The third-order valence-corrected chi connectivity index (χ3v) is 5.65. The van der Waals surface area contributed by atoms with Gasteiger partial charge < -0.3 is 19.7 Å². The van der Waals surface area contributed by atoms with E-state index in [0.29, 0.717) is 42.6 Å². The first-order valence-corrected chi connectivity index (χ1v) is 10.7. The molecule has 0 unspecified atom stereocenters. The molecule has 31 heavy (non-hydrogen) atoms. The number of para-hydroxylation sites is 2. The molecule has 2 heterocycles. The topological polar surface area (TPSA) is 93.9 Å². The number of amides is 1. The highest BCUT2D eigenvalue weighted by molar-refractivity contribution is 7.09. The van der Waals surface area contributed by atoms with Gasteiger partial charge in [-0.15, -0.1) is 11.3 Å². The maximum absolute atomic E-state index is 13.1. The number of ether oxygens (including phenoxy) is 2. The molecule has 160 valence electrons. The number of nitro benzene ring substituents is 1. The van der Waals surface area contributed by atoms with Crippen LogP contribution < -0.4 is 19.7 Å². The predicted octanol–water partition coefficient (Wildman–Crippen LogP) is 4.46. The van der Waals surface area contributed by atoms with E-state index in [9.17, 15) is 14.9 Å². The van der Waals surface area contributed by atoms with Crippen LogP contribution in [-0.4, -0.2) is 30.6 Å². The summed E-state index contributed by atoms with van der Waals surface area (Å²) in [6, 6.07) is 15.8. The molecule has 0 bridgehead atoms. The van der Waals surface area contributed by atoms with Gasteiger partial charge in [0.2, 0.25) is 5.91 Å². The van der Waals surface area contributed by atoms with E-state index in [-0.39, 0.29) is 24.6 Å². The molecule has 4 rings (SSSR count). The Balaban J connectivity index is 1.49. The van der Waals surface area contributed by atoms with Crippen LogP contribution in [0.4, 0.5) is 17.1 Å². The number of rotatable bonds is 8. The van der Waals surface area contributed by atoms with E-state index >= 15 is 0 Å². The lowest BCUT2D eigenvalue weighted by Crippen LogP contribution is -2.31. The van der Waals surface area contributed by atoms with Crippen molar-refractivity contribution >= 4 is 34.3 Å². The molecule has 1 aliphatic rings. The van der Waals surface area contributed by atoms with Crippen LogP contribution in [0.1, 0.15) is 11.3 Å². The number of fused-ring (bicyclic) bond motifs is 1. The Bertz CT molecular complexity index is 1070. The van der Waals surface area contributed by atoms with Crippen LogP contribution in [0.5, 0.6) is 11.5 Å². The van der Waals surface area contributed by atoms with Crippen molar-refractivity contribution < 1.29 is 19.2 Å². The number of nitrogens with one attached hydrogen (secondary N) is 1. The summed E-state index contributed by atoms with van der Waals surface area (Å²) in [7, 11) is 0. The lowest BCUT2D eigenvalue weighted by Gasteiger charge is -2.25. The summed E-state index contributed by atoms with van der Waals surface area (Å²) >= 11 is 1.58. The van der Waals surface area contributed by atoms with Gasteiger partial charge >= 0.3 is 0 Å². The summed E-state index contributed by atoms with van der Waals surface area (Å²) in [6.45, 7) is 1.67. The first-order valence-electron chi connectivity index (χ1n) is 9.81. The normalized spacial score (nSPS) is 12.3. The van der Waals surface area contributed by atoms with Crippen LogP contribution in [0.15, 0.2) is 60.0 Å². The SMILES string of the molecule is O=C(CCNc1ccccc1[N+](=O)[O-])N(Cc1cccs1)c1ccc2c(c1)OCCO2. The van der Waals surface area contributed by atoms with Crippen LogP contribution in [0.25, 0.3) is 0 Å². The largest absolute Gasteiger partial charge is 0.486 e. The summed E-state index contributed by atoms with van der Waals surface area (Å²) in [6.07, 6.45) is 0.172. The fraction of sp³-hybridized carbons (Fsp3) is 0.227. The molecule has 2 aromatic carbocycles. The molecule has 8 nitrogen and oxygen atoms in total. The van der Waals surface area contributed by atoms with Crippen LogP contribution in [0, 0.1) is 10.1 Å². The lowest BCUT2D eigenvalue weighted by atomic mass is 10.2. The molecular formula is C22H21N3O5S. The molecule has 0 radical (unpaired) electrons. The van der Waals surface area contributed by atoms with Gasteiger partial charge in [-0.25, -0.2) is 0 Å². The van der Waals surface area contributed by atoms with Gasteiger partial charge in [0.05, 0.1) is 11.5 Å². The standard InChI is InChI=1S/C22H21N3O5S/c26-22(9-10-23-18-5-1-2-6-19(18)25(27)28)24(15-17-4-3-13-31-17)16-7-8-20-21(14-16)30-12-11-29-20/h1-8,13-14,23H,9-12,15H2. The fourth-order valence-corrected chi connectivity index (χ4v) is 4.00. The predicted molar refractivity (Wildman–Crippen MR) is 119 cm³/mol. The molecule has 1 amide bonds. The van der Waals surface area contributed by atoms with Gasteiger partial charge in [-0.3, -0.25) is 14.9 Å². The molecule has 3 aromatic rings. The van der Waals surface area contributed by atoms with Gasteiger partial charge in [0, 0.05) is 35.7 Å². The van der Waals surface area contributed by atoms with Crippen molar-refractivity contribution in [3.8, 4) is 11.5 Å². The quantitative estimate of drug-likeness (QED) is 0.411. The van der Waals surface area contributed by atoms with Gasteiger partial charge in [0.15, 0.2) is 11.5 Å². The number of nitro groups is 1. The van der Waals surface area contributed by atoms with Crippen LogP contribution in [0.2, 0.25) is 0 Å². The van der Waals surface area contributed by atoms with Crippen LogP contribution in [-0.2, 0) is 11.3 Å². The van der Waals surface area contributed by atoms with E-state index in [1.165, 1.54) is 6.07 Å². The minimum atomic E-state index is -0.442. The summed E-state index contributed by atoms with van der Waals surface area (Å²) < 4.78 is 11.2. The summed E-state index contributed by atoms with van der Waals surface area (Å²) in [5.74, 6) is 1.18. The number of thiophene rings is 1. The third-order valence-electron chi connectivity index (χ3n) is 4.79. The van der Waals surface area contributed by atoms with Crippen molar-refractivity contribution in [2.45, 2.75) is 13.0 Å². The minimum absolute atomic E-state index is 0.0165. The molecule has 1 aromatic heterocycles. The van der Waals surface area contributed by atoms with E-state index in [0.717, 1.165) is 4.88 Å². The van der Waals surface area contributed by atoms with Crippen molar-refractivity contribution in [3.63, 3.8) is 0 Å². The highest BCUT2D eigenvalue weighted by atomic mass is 32.1. The lowest BCUT2D eigenvalue weighted by molar-refractivity contribution is -0.384. The Morgan fingerprint density at radius 3 is 2.68 bits per heavy atom. The third kappa shape index (κ3) is 4.95. The zero-order chi connectivity index (χ0) is 21.6. The second kappa shape index (κ2) is 9.48. The molecule has 9 heteroatoms. The van der Waals surface area contributed by atoms with E-state index < -0.39 is 4.92 Å². The van der Waals surface area contributed by atoms with Crippen molar-refractivity contribution in [2.75, 3.05) is 30.0 Å². The molecule has 0 fully saturated rings. The molecular weight excluding hydrogens is 418 g/mol. The van der Waals surface area contributed by atoms with Gasteiger partial charge in [0.25, 0.3) is 5.69 Å². The number of hydrogen-bond acceptors (Lipinski definition) is 7. The fourth-order valence-electron chi connectivity index (χ4n) is 3.30. The van der Waals surface area contributed by atoms with E-state index in [1.54, 1.807) is 34.4 Å². The molecule has 1 N–H and O–H groups in total. The van der Waals surface area contributed by atoms with E-state index in [1.807, 2.05) is 35.7 Å². The molecule has 0 saturated carbocycles. The summed E-state index contributed by atoms with van der Waals surface area (Å²) in [5, 5.41) is 16.2. The Morgan fingerprint density at radius 2 is 1.90 bits per heavy atom. The maximum Gasteiger partial charge on any atom is 0.292 e. The summed E-state index contributed by atoms with van der Waals surface area (Å²) in [4.78, 5) is 26.6. The van der Waals surface area contributed by atoms with Gasteiger partial charge in [-0.2, -0.15) is 0 Å². The number of benzene rings is 2. The molecule has 0 spiro atoms. The van der Waals surface area contributed by atoms with Crippen molar-refractivity contribution in [1.82, 2.24) is 0 Å². The first kappa shape index (κ1) is 20.7. The number of hydrogen-bond donors (Lipinski definition) is 1. The second-order valence-corrected chi connectivity index (χ2v) is 7.87. The molecule has 0 atom stereocenters. The average molecular weight is 439 g/mol. The van der Waals surface area contributed by atoms with E-state index in [2.05, 4.69) is 5.32 Å². The minimum Gasteiger partial charge on any atom is -0.486 e. The zero-order valence-electron chi connectivity index (χ0n) is 16.7. The highest BCUT2D eigenvalue weighted by Crippen LogP contribution is 2.35. The first-order chi connectivity index (χ1) is 15.1. The smallest absolute Gasteiger partial charge is 0.292 e. The Hall–Kier alpha value is -3.59. The number of carbonyl (C=O) groups is 1. The van der Waals surface area contributed by atoms with Gasteiger partial charge in [-0.05, 0) is 29.6 Å². The summed E-state index contributed by atoms with van der Waals surface area (Å²) in [5.41, 5.74) is 1.09. The molecule has 1 aliphatic heterocycles. The van der Waals surface area contributed by atoms with Crippen LogP contribution in [0.3, 0.4) is 0 Å². The second-order valence-electron chi connectivity index (χ2n) is 6.84. The van der Waals surface area contributed by atoms with Crippen molar-refractivity contribution in [1.29, 1.82) is 0 Å². The molecule has 0 saturated heterocycles. The van der Waals surface area contributed by atoms with Crippen molar-refractivity contribution in [3.05, 3.63) is 75.0 Å². The Labute approximate surface area is 183 Å². The van der Waals surface area contributed by atoms with Crippen molar-refractivity contribution in [2.24, 2.45) is 0 Å². The van der Waals surface area contributed by atoms with E-state index in [4.69, 9.17) is 9.47 Å². The Morgan fingerprint density at radius 1 is 1.10 bits per heavy atom.